The second-order valence-corrected chi connectivity index (χ2v) is 8.17. The van der Waals surface area contributed by atoms with Crippen LogP contribution in [-0.2, 0) is 6.18 Å². The molecule has 2 aromatic heterocycles. The molecular weight excluding hydrogens is 497 g/mol. The average molecular weight is 511 g/mol. The van der Waals surface area contributed by atoms with Gasteiger partial charge in [-0.1, -0.05) is 46.3 Å². The SMILES string of the molecule is O=c1c2cnn(-c3ccccc3)c2nc(-c2ccc(C(F)(F)F)cc2)n1-c1ccc(Br)cc1. The van der Waals surface area contributed by atoms with Gasteiger partial charge < -0.3 is 0 Å². The normalized spacial score (nSPS) is 11.8. The van der Waals surface area contributed by atoms with Crippen LogP contribution in [0.2, 0.25) is 0 Å². The number of nitrogens with zero attached hydrogens (tertiary/aromatic N) is 4. The van der Waals surface area contributed by atoms with E-state index in [1.807, 2.05) is 30.3 Å². The lowest BCUT2D eigenvalue weighted by Gasteiger charge is -2.14. The second-order valence-electron chi connectivity index (χ2n) is 7.26. The number of hydrogen-bond donors (Lipinski definition) is 0. The summed E-state index contributed by atoms with van der Waals surface area (Å²) in [6, 6.07) is 20.8. The molecule has 3 aromatic carbocycles. The topological polar surface area (TPSA) is 52.7 Å². The van der Waals surface area contributed by atoms with Crippen molar-refractivity contribution < 1.29 is 13.2 Å². The van der Waals surface area contributed by atoms with Gasteiger partial charge in [0.2, 0.25) is 0 Å². The van der Waals surface area contributed by atoms with Crippen LogP contribution in [0.1, 0.15) is 5.56 Å². The van der Waals surface area contributed by atoms with Crippen molar-refractivity contribution in [1.82, 2.24) is 19.3 Å². The predicted octanol–water partition coefficient (Wildman–Crippen LogP) is 6.02. The van der Waals surface area contributed by atoms with Crippen molar-refractivity contribution in [3.05, 3.63) is 105 Å². The Hall–Kier alpha value is -3.72. The molecule has 0 aliphatic heterocycles. The molecule has 0 N–H and O–H groups in total. The molecule has 0 unspecified atom stereocenters. The standard InChI is InChI=1S/C24H14BrF3N4O/c25-17-10-12-18(13-11-17)31-21(15-6-8-16(9-7-15)24(26,27)28)30-22-20(23(31)33)14-29-32(22)19-4-2-1-3-5-19/h1-14H. The highest BCUT2D eigenvalue weighted by Crippen LogP contribution is 2.31. The molecule has 0 aliphatic rings. The molecule has 5 nitrogen and oxygen atoms in total. The van der Waals surface area contributed by atoms with E-state index in [2.05, 4.69) is 21.0 Å². The highest BCUT2D eigenvalue weighted by molar-refractivity contribution is 9.10. The number of alkyl halides is 3. The molecule has 5 rings (SSSR count). The van der Waals surface area contributed by atoms with Crippen LogP contribution in [0.25, 0.3) is 33.8 Å². The summed E-state index contributed by atoms with van der Waals surface area (Å²) in [6.45, 7) is 0. The van der Waals surface area contributed by atoms with Crippen LogP contribution in [0, 0.1) is 0 Å². The van der Waals surface area contributed by atoms with Gasteiger partial charge in [0, 0.05) is 10.0 Å². The third-order valence-electron chi connectivity index (χ3n) is 5.16. The number of halogens is 4. The molecule has 0 bridgehead atoms. The summed E-state index contributed by atoms with van der Waals surface area (Å²) in [5, 5.41) is 4.63. The summed E-state index contributed by atoms with van der Waals surface area (Å²) < 4.78 is 43.0. The van der Waals surface area contributed by atoms with Crippen molar-refractivity contribution in [3.8, 4) is 22.8 Å². The van der Waals surface area contributed by atoms with Crippen LogP contribution < -0.4 is 5.56 Å². The van der Waals surface area contributed by atoms with Gasteiger partial charge in [-0.05, 0) is 48.5 Å². The van der Waals surface area contributed by atoms with Crippen molar-refractivity contribution in [2.75, 3.05) is 0 Å². The van der Waals surface area contributed by atoms with Gasteiger partial charge in [0.1, 0.15) is 11.2 Å². The Bertz CT molecular complexity index is 1510. The lowest BCUT2D eigenvalue weighted by Crippen LogP contribution is -2.22. The van der Waals surface area contributed by atoms with E-state index in [0.29, 0.717) is 22.6 Å². The monoisotopic (exact) mass is 510 g/mol. The number of hydrogen-bond acceptors (Lipinski definition) is 3. The molecule has 0 spiro atoms. The fourth-order valence-corrected chi connectivity index (χ4v) is 3.82. The molecule has 0 aliphatic carbocycles. The van der Waals surface area contributed by atoms with Crippen molar-refractivity contribution in [2.24, 2.45) is 0 Å². The van der Waals surface area contributed by atoms with Gasteiger partial charge in [-0.2, -0.15) is 18.3 Å². The Morgan fingerprint density at radius 1 is 0.818 bits per heavy atom. The van der Waals surface area contributed by atoms with Crippen molar-refractivity contribution in [3.63, 3.8) is 0 Å². The van der Waals surface area contributed by atoms with Gasteiger partial charge in [-0.15, -0.1) is 0 Å². The third-order valence-corrected chi connectivity index (χ3v) is 5.69. The Balaban J connectivity index is 1.80. The first-order valence-corrected chi connectivity index (χ1v) is 10.6. The van der Waals surface area contributed by atoms with E-state index in [4.69, 9.17) is 4.98 Å². The largest absolute Gasteiger partial charge is 0.416 e. The van der Waals surface area contributed by atoms with Crippen molar-refractivity contribution in [1.29, 1.82) is 0 Å². The summed E-state index contributed by atoms with van der Waals surface area (Å²) in [4.78, 5) is 18.3. The summed E-state index contributed by atoms with van der Waals surface area (Å²) in [7, 11) is 0. The zero-order chi connectivity index (χ0) is 23.2. The van der Waals surface area contributed by atoms with Crippen LogP contribution in [-0.4, -0.2) is 19.3 Å². The molecule has 0 radical (unpaired) electrons. The molecule has 0 amide bonds. The molecule has 0 saturated heterocycles. The first-order chi connectivity index (χ1) is 15.8. The maximum Gasteiger partial charge on any atom is 0.416 e. The number of aromatic nitrogens is 4. The number of fused-ring (bicyclic) bond motifs is 1. The van der Waals surface area contributed by atoms with E-state index >= 15 is 0 Å². The van der Waals surface area contributed by atoms with Crippen molar-refractivity contribution >= 4 is 27.0 Å². The Morgan fingerprint density at radius 2 is 1.48 bits per heavy atom. The molecule has 164 valence electrons. The molecule has 9 heteroatoms. The maximum atomic E-state index is 13.6. The van der Waals surface area contributed by atoms with Crippen molar-refractivity contribution in [2.45, 2.75) is 6.18 Å². The minimum atomic E-state index is -4.47. The molecule has 0 fully saturated rings. The molecule has 2 heterocycles. The molecule has 0 saturated carbocycles. The fraction of sp³-hybridized carbons (Fsp3) is 0.0417. The van der Waals surface area contributed by atoms with Gasteiger partial charge in [-0.3, -0.25) is 9.36 Å². The van der Waals surface area contributed by atoms with Crippen LogP contribution >= 0.6 is 15.9 Å². The van der Waals surface area contributed by atoms with E-state index < -0.39 is 11.7 Å². The average Bonchev–Trinajstić information content (AvgIpc) is 3.24. The van der Waals surface area contributed by atoms with Gasteiger partial charge in [0.05, 0.1) is 23.1 Å². The van der Waals surface area contributed by atoms with Crippen LogP contribution in [0.4, 0.5) is 13.2 Å². The van der Waals surface area contributed by atoms with Gasteiger partial charge >= 0.3 is 6.18 Å². The summed E-state index contributed by atoms with van der Waals surface area (Å²) in [6.07, 6.45) is -3.02. The Kier molecular flexibility index (Phi) is 5.13. The smallest absolute Gasteiger partial charge is 0.268 e. The second kappa shape index (κ2) is 8.00. The molecule has 0 atom stereocenters. The first-order valence-electron chi connectivity index (χ1n) is 9.83. The highest BCUT2D eigenvalue weighted by atomic mass is 79.9. The summed E-state index contributed by atoms with van der Waals surface area (Å²) >= 11 is 3.37. The summed E-state index contributed by atoms with van der Waals surface area (Å²) in [5.41, 5.74) is 0.762. The molecule has 5 aromatic rings. The van der Waals surface area contributed by atoms with Gasteiger partial charge in [0.25, 0.3) is 5.56 Å². The van der Waals surface area contributed by atoms with E-state index in [1.54, 1.807) is 24.3 Å². The fourth-order valence-electron chi connectivity index (χ4n) is 3.56. The van der Waals surface area contributed by atoms with E-state index in [0.717, 1.165) is 16.6 Å². The minimum absolute atomic E-state index is 0.209. The maximum absolute atomic E-state index is 13.6. The van der Waals surface area contributed by atoms with Crippen LogP contribution in [0.3, 0.4) is 0 Å². The Morgan fingerprint density at radius 3 is 2.12 bits per heavy atom. The summed E-state index contributed by atoms with van der Waals surface area (Å²) in [5.74, 6) is 0.209. The van der Waals surface area contributed by atoms with Gasteiger partial charge in [0.15, 0.2) is 5.65 Å². The minimum Gasteiger partial charge on any atom is -0.268 e. The van der Waals surface area contributed by atoms with E-state index in [1.165, 1.54) is 27.6 Å². The van der Waals surface area contributed by atoms with Crippen LogP contribution in [0.15, 0.2) is 94.3 Å². The Labute approximate surface area is 193 Å². The number of para-hydroxylation sites is 1. The lowest BCUT2D eigenvalue weighted by atomic mass is 10.1. The number of benzene rings is 3. The highest BCUT2D eigenvalue weighted by Gasteiger charge is 2.30. The zero-order valence-corrected chi connectivity index (χ0v) is 18.4. The third kappa shape index (κ3) is 3.84. The molecular formula is C24H14BrF3N4O. The first kappa shape index (κ1) is 21.1. The molecule has 33 heavy (non-hydrogen) atoms. The van der Waals surface area contributed by atoms with Gasteiger partial charge in [-0.25, -0.2) is 9.67 Å². The van der Waals surface area contributed by atoms with Crippen LogP contribution in [0.5, 0.6) is 0 Å². The quantitative estimate of drug-likeness (QED) is 0.298. The lowest BCUT2D eigenvalue weighted by molar-refractivity contribution is -0.137. The number of rotatable bonds is 3. The zero-order valence-electron chi connectivity index (χ0n) is 16.8. The predicted molar refractivity (Wildman–Crippen MR) is 123 cm³/mol. The van der Waals surface area contributed by atoms with E-state index in [-0.39, 0.29) is 16.8 Å². The van der Waals surface area contributed by atoms with E-state index in [9.17, 15) is 18.0 Å².